The van der Waals surface area contributed by atoms with Crippen LogP contribution in [0.2, 0.25) is 0 Å². The number of para-hydroxylation sites is 2. The summed E-state index contributed by atoms with van der Waals surface area (Å²) in [4.78, 5) is 4.45. The van der Waals surface area contributed by atoms with Crippen molar-refractivity contribution in [1.29, 1.82) is 0 Å². The van der Waals surface area contributed by atoms with E-state index in [0.29, 0.717) is 0 Å². The number of aromatic nitrogens is 2. The predicted octanol–water partition coefficient (Wildman–Crippen LogP) is 4.95. The molecule has 1 heterocycles. The van der Waals surface area contributed by atoms with Crippen molar-refractivity contribution in [2.24, 2.45) is 0 Å². The van der Waals surface area contributed by atoms with E-state index in [0.717, 1.165) is 29.0 Å². The zero-order chi connectivity index (χ0) is 16.4. The maximum absolute atomic E-state index is 4.45. The van der Waals surface area contributed by atoms with Crippen molar-refractivity contribution in [2.45, 2.75) is 13.5 Å². The fourth-order valence-corrected chi connectivity index (χ4v) is 2.93. The van der Waals surface area contributed by atoms with Gasteiger partial charge >= 0.3 is 0 Å². The first-order valence-corrected chi connectivity index (χ1v) is 8.11. The smallest absolute Gasteiger partial charge is 0.100 e. The second kappa shape index (κ2) is 6.20. The number of aryl methyl sites for hydroxylation is 1. The van der Waals surface area contributed by atoms with Crippen molar-refractivity contribution >= 4 is 16.7 Å². The molecular weight excluding hydrogens is 294 g/mol. The topological polar surface area (TPSA) is 29.9 Å². The summed E-state index contributed by atoms with van der Waals surface area (Å²) in [5.41, 5.74) is 6.95. The van der Waals surface area contributed by atoms with E-state index >= 15 is 0 Å². The summed E-state index contributed by atoms with van der Waals surface area (Å²) < 4.78 is 2.11. The van der Waals surface area contributed by atoms with Gasteiger partial charge in [0.1, 0.15) is 6.33 Å². The number of rotatable bonds is 4. The number of nitrogens with zero attached hydrogens (tertiary/aromatic N) is 2. The van der Waals surface area contributed by atoms with Crippen LogP contribution >= 0.6 is 0 Å². The van der Waals surface area contributed by atoms with Crippen molar-refractivity contribution in [2.75, 3.05) is 5.32 Å². The summed E-state index contributed by atoms with van der Waals surface area (Å²) >= 11 is 0. The van der Waals surface area contributed by atoms with Crippen LogP contribution in [-0.2, 0) is 6.54 Å². The van der Waals surface area contributed by atoms with Gasteiger partial charge in [-0.25, -0.2) is 4.98 Å². The third-order valence-corrected chi connectivity index (χ3v) is 4.18. The zero-order valence-electron chi connectivity index (χ0n) is 13.6. The molecule has 3 aromatic carbocycles. The maximum Gasteiger partial charge on any atom is 0.100 e. The van der Waals surface area contributed by atoms with Gasteiger partial charge in [-0.3, -0.25) is 4.57 Å². The first-order valence-electron chi connectivity index (χ1n) is 8.11. The van der Waals surface area contributed by atoms with E-state index in [-0.39, 0.29) is 0 Å². The molecular formula is C21H19N3. The molecule has 0 saturated heterocycles. The van der Waals surface area contributed by atoms with Crippen LogP contribution in [0.25, 0.3) is 16.7 Å². The molecule has 0 aliphatic heterocycles. The highest BCUT2D eigenvalue weighted by Crippen LogP contribution is 2.20. The quantitative estimate of drug-likeness (QED) is 0.578. The lowest BCUT2D eigenvalue weighted by Crippen LogP contribution is -2.00. The molecule has 4 rings (SSSR count). The molecule has 4 aromatic rings. The molecule has 0 atom stereocenters. The zero-order valence-corrected chi connectivity index (χ0v) is 13.6. The van der Waals surface area contributed by atoms with Gasteiger partial charge in [0.25, 0.3) is 0 Å². The van der Waals surface area contributed by atoms with Crippen molar-refractivity contribution in [3.63, 3.8) is 0 Å². The van der Waals surface area contributed by atoms with Crippen LogP contribution in [0.15, 0.2) is 79.1 Å². The number of anilines is 1. The fraction of sp³-hybridized carbons (Fsp3) is 0.0952. The van der Waals surface area contributed by atoms with E-state index in [9.17, 15) is 0 Å². The Bertz CT molecular complexity index is 968. The van der Waals surface area contributed by atoms with Crippen molar-refractivity contribution in [3.8, 4) is 5.69 Å². The SMILES string of the molecule is Cc1cccc(CNc2ccc(-n3cnc4ccccc43)cc2)c1. The molecule has 1 aromatic heterocycles. The Balaban J connectivity index is 1.52. The minimum atomic E-state index is 0.828. The number of hydrogen-bond donors (Lipinski definition) is 1. The summed E-state index contributed by atoms with van der Waals surface area (Å²) in [5.74, 6) is 0. The normalized spacial score (nSPS) is 10.9. The number of nitrogens with one attached hydrogen (secondary N) is 1. The number of fused-ring (bicyclic) bond motifs is 1. The van der Waals surface area contributed by atoms with Gasteiger partial charge in [-0.05, 0) is 48.9 Å². The lowest BCUT2D eigenvalue weighted by atomic mass is 10.1. The van der Waals surface area contributed by atoms with E-state index in [1.165, 1.54) is 11.1 Å². The molecule has 118 valence electrons. The highest BCUT2D eigenvalue weighted by Gasteiger charge is 2.03. The second-order valence-electron chi connectivity index (χ2n) is 5.99. The van der Waals surface area contributed by atoms with Gasteiger partial charge in [0, 0.05) is 17.9 Å². The second-order valence-corrected chi connectivity index (χ2v) is 5.99. The highest BCUT2D eigenvalue weighted by atomic mass is 15.0. The molecule has 0 radical (unpaired) electrons. The summed E-state index contributed by atoms with van der Waals surface area (Å²) in [6, 6.07) is 25.2. The van der Waals surface area contributed by atoms with Crippen molar-refractivity contribution in [3.05, 3.63) is 90.3 Å². The molecule has 1 N–H and O–H groups in total. The lowest BCUT2D eigenvalue weighted by molar-refractivity contribution is 1.09. The Kier molecular flexibility index (Phi) is 3.75. The van der Waals surface area contributed by atoms with E-state index < -0.39 is 0 Å². The average molecular weight is 313 g/mol. The lowest BCUT2D eigenvalue weighted by Gasteiger charge is -2.09. The van der Waals surface area contributed by atoms with Crippen LogP contribution in [0.5, 0.6) is 0 Å². The van der Waals surface area contributed by atoms with E-state index in [1.807, 2.05) is 24.5 Å². The first kappa shape index (κ1) is 14.5. The molecule has 0 unspecified atom stereocenters. The molecule has 24 heavy (non-hydrogen) atoms. The van der Waals surface area contributed by atoms with E-state index in [1.54, 1.807) is 0 Å². The van der Waals surface area contributed by atoms with Crippen LogP contribution < -0.4 is 5.32 Å². The molecule has 0 spiro atoms. The van der Waals surface area contributed by atoms with Crippen LogP contribution in [0.3, 0.4) is 0 Å². The third kappa shape index (κ3) is 2.88. The summed E-state index contributed by atoms with van der Waals surface area (Å²) in [7, 11) is 0. The average Bonchev–Trinajstić information content (AvgIpc) is 3.05. The molecule has 0 aliphatic carbocycles. The van der Waals surface area contributed by atoms with Crippen LogP contribution in [0.4, 0.5) is 5.69 Å². The molecule has 0 bridgehead atoms. The Morgan fingerprint density at radius 3 is 2.58 bits per heavy atom. The largest absolute Gasteiger partial charge is 0.381 e. The van der Waals surface area contributed by atoms with Crippen LogP contribution in [0, 0.1) is 6.92 Å². The minimum absolute atomic E-state index is 0.828. The number of benzene rings is 3. The molecule has 3 heteroatoms. The Morgan fingerprint density at radius 1 is 0.917 bits per heavy atom. The van der Waals surface area contributed by atoms with Gasteiger partial charge in [0.2, 0.25) is 0 Å². The third-order valence-electron chi connectivity index (χ3n) is 4.18. The summed E-state index contributed by atoms with van der Waals surface area (Å²) in [6.45, 7) is 2.95. The predicted molar refractivity (Wildman–Crippen MR) is 99.6 cm³/mol. The van der Waals surface area contributed by atoms with Gasteiger partial charge in [0.15, 0.2) is 0 Å². The highest BCUT2D eigenvalue weighted by molar-refractivity contribution is 5.77. The van der Waals surface area contributed by atoms with E-state index in [4.69, 9.17) is 0 Å². The molecule has 0 aliphatic rings. The van der Waals surface area contributed by atoms with Gasteiger partial charge in [-0.15, -0.1) is 0 Å². The summed E-state index contributed by atoms with van der Waals surface area (Å²) in [5, 5.41) is 3.47. The Labute approximate surface area is 141 Å². The van der Waals surface area contributed by atoms with Crippen molar-refractivity contribution in [1.82, 2.24) is 9.55 Å². The standard InChI is InChI=1S/C21H19N3/c1-16-5-4-6-17(13-16)14-22-18-9-11-19(12-10-18)24-15-23-20-7-2-3-8-21(20)24/h2-13,15,22H,14H2,1H3. The van der Waals surface area contributed by atoms with Gasteiger partial charge in [-0.2, -0.15) is 0 Å². The monoisotopic (exact) mass is 313 g/mol. The first-order chi connectivity index (χ1) is 11.8. The maximum atomic E-state index is 4.45. The number of hydrogen-bond acceptors (Lipinski definition) is 2. The molecule has 0 amide bonds. The van der Waals surface area contributed by atoms with Gasteiger partial charge in [-0.1, -0.05) is 42.0 Å². The van der Waals surface area contributed by atoms with Gasteiger partial charge in [0.05, 0.1) is 11.0 Å². The fourth-order valence-electron chi connectivity index (χ4n) is 2.93. The Hall–Kier alpha value is -3.07. The molecule has 0 saturated carbocycles. The number of imidazole rings is 1. The van der Waals surface area contributed by atoms with Crippen LogP contribution in [0.1, 0.15) is 11.1 Å². The summed E-state index contributed by atoms with van der Waals surface area (Å²) in [6.07, 6.45) is 1.87. The Morgan fingerprint density at radius 2 is 1.75 bits per heavy atom. The minimum Gasteiger partial charge on any atom is -0.381 e. The molecule has 3 nitrogen and oxygen atoms in total. The van der Waals surface area contributed by atoms with Crippen LogP contribution in [-0.4, -0.2) is 9.55 Å². The molecule has 0 fully saturated rings. The van der Waals surface area contributed by atoms with Gasteiger partial charge < -0.3 is 5.32 Å². The van der Waals surface area contributed by atoms with E-state index in [2.05, 4.69) is 76.4 Å². The van der Waals surface area contributed by atoms with Crippen molar-refractivity contribution < 1.29 is 0 Å².